The molecule has 11 rings (SSSR count). The zero-order chi connectivity index (χ0) is 37.8. The van der Waals surface area contributed by atoms with E-state index in [4.69, 9.17) is 0 Å². The Kier molecular flexibility index (Phi) is 7.87. The first-order valence-corrected chi connectivity index (χ1v) is 21.8. The van der Waals surface area contributed by atoms with Crippen LogP contribution in [0, 0.1) is 11.8 Å². The second-order valence-electron chi connectivity index (χ2n) is 19.2. The van der Waals surface area contributed by atoms with Gasteiger partial charge in [0.05, 0.1) is 0 Å². The van der Waals surface area contributed by atoms with Crippen LogP contribution in [0.4, 0.5) is 17.1 Å². The molecule has 56 heavy (non-hydrogen) atoms. The molecule has 3 fully saturated rings. The molecular weight excluding hydrogens is 675 g/mol. The topological polar surface area (TPSA) is 3.24 Å². The molecule has 6 aromatic carbocycles. The SMILES string of the molecule is CC1(C)c2ccccc2-c2cc(-c3ccc4c(c3)-c3ccc(N(c5ccc(C6CCCCC6)cc5)c5ccc(C6CC7CCC6C7)cc5)cc3C4(C)C)ccc21. The van der Waals surface area contributed by atoms with Crippen LogP contribution in [-0.2, 0) is 10.8 Å². The minimum atomic E-state index is -0.109. The zero-order valence-electron chi connectivity index (χ0n) is 33.7. The van der Waals surface area contributed by atoms with E-state index in [0.29, 0.717) is 5.92 Å². The fraction of sp³-hybridized carbons (Fsp3) is 0.345. The van der Waals surface area contributed by atoms with Crippen molar-refractivity contribution < 1.29 is 0 Å². The largest absolute Gasteiger partial charge is 0.310 e. The highest BCUT2D eigenvalue weighted by atomic mass is 15.1. The smallest absolute Gasteiger partial charge is 0.0465 e. The summed E-state index contributed by atoms with van der Waals surface area (Å²) in [5.74, 6) is 3.30. The molecule has 2 bridgehead atoms. The maximum Gasteiger partial charge on any atom is 0.0465 e. The fourth-order valence-corrected chi connectivity index (χ4v) is 12.3. The van der Waals surface area contributed by atoms with Crippen molar-refractivity contribution in [2.24, 2.45) is 11.8 Å². The van der Waals surface area contributed by atoms with Gasteiger partial charge in [-0.3, -0.25) is 0 Å². The van der Waals surface area contributed by atoms with E-state index in [2.05, 4.69) is 160 Å². The molecule has 280 valence electrons. The first kappa shape index (κ1) is 34.4. The van der Waals surface area contributed by atoms with Crippen LogP contribution in [0.2, 0.25) is 0 Å². The van der Waals surface area contributed by atoms with Crippen molar-refractivity contribution in [2.45, 2.75) is 108 Å². The van der Waals surface area contributed by atoms with Gasteiger partial charge in [-0.1, -0.05) is 132 Å². The van der Waals surface area contributed by atoms with Gasteiger partial charge in [-0.2, -0.15) is 0 Å². The Labute approximate surface area is 334 Å². The van der Waals surface area contributed by atoms with Crippen molar-refractivity contribution in [3.63, 3.8) is 0 Å². The van der Waals surface area contributed by atoms with Gasteiger partial charge in [0, 0.05) is 27.9 Å². The minimum absolute atomic E-state index is 0.0199. The first-order valence-electron chi connectivity index (χ1n) is 21.8. The van der Waals surface area contributed by atoms with Crippen molar-refractivity contribution in [1.29, 1.82) is 0 Å². The molecule has 3 atom stereocenters. The highest BCUT2D eigenvalue weighted by Gasteiger charge is 2.41. The van der Waals surface area contributed by atoms with Crippen LogP contribution in [-0.4, -0.2) is 0 Å². The van der Waals surface area contributed by atoms with Crippen LogP contribution in [0.15, 0.2) is 127 Å². The zero-order valence-corrected chi connectivity index (χ0v) is 33.7. The number of rotatable bonds is 6. The molecule has 0 N–H and O–H groups in total. The Morgan fingerprint density at radius 1 is 0.446 bits per heavy atom. The van der Waals surface area contributed by atoms with E-state index in [-0.39, 0.29) is 10.8 Å². The standard InChI is InChI=1S/C55H55N/c1-54(2)50-13-9-8-12-45(50)48-32-39(20-28-51(48)54)40-21-29-52-49(33-40)46-27-26-44(34-53(46)55(52,3)4)56(42-22-16-37(17-23-42)36-10-6-5-7-11-36)43-24-18-38(19-25-43)47-31-35-14-15-41(47)30-35/h8-9,12-13,16-29,32-36,41,47H,5-7,10-11,14-15,30-31H2,1-4H3. The van der Waals surface area contributed by atoms with Crippen molar-refractivity contribution in [3.8, 4) is 33.4 Å². The first-order chi connectivity index (χ1) is 27.2. The quantitative estimate of drug-likeness (QED) is 0.165. The third kappa shape index (κ3) is 5.33. The third-order valence-corrected chi connectivity index (χ3v) is 15.4. The molecule has 1 heteroatoms. The van der Waals surface area contributed by atoms with E-state index in [0.717, 1.165) is 17.8 Å². The lowest BCUT2D eigenvalue weighted by Gasteiger charge is -2.29. The summed E-state index contributed by atoms with van der Waals surface area (Å²) in [5.41, 5.74) is 20.5. The highest BCUT2D eigenvalue weighted by Crippen LogP contribution is 2.55. The Balaban J connectivity index is 0.968. The molecule has 0 aromatic heterocycles. The van der Waals surface area contributed by atoms with Gasteiger partial charge in [0.15, 0.2) is 0 Å². The van der Waals surface area contributed by atoms with Crippen LogP contribution in [0.3, 0.4) is 0 Å². The van der Waals surface area contributed by atoms with Gasteiger partial charge >= 0.3 is 0 Å². The summed E-state index contributed by atoms with van der Waals surface area (Å²) in [6.45, 7) is 9.57. The van der Waals surface area contributed by atoms with E-state index < -0.39 is 0 Å². The van der Waals surface area contributed by atoms with Gasteiger partial charge in [0.25, 0.3) is 0 Å². The monoisotopic (exact) mass is 729 g/mol. The summed E-state index contributed by atoms with van der Waals surface area (Å²) in [7, 11) is 0. The number of nitrogens with zero attached hydrogens (tertiary/aromatic N) is 1. The molecule has 0 radical (unpaired) electrons. The Morgan fingerprint density at radius 2 is 1.02 bits per heavy atom. The van der Waals surface area contributed by atoms with Crippen LogP contribution in [0.1, 0.15) is 131 Å². The molecule has 0 heterocycles. The van der Waals surface area contributed by atoms with Gasteiger partial charge in [0.1, 0.15) is 0 Å². The van der Waals surface area contributed by atoms with E-state index in [1.54, 1.807) is 5.56 Å². The maximum absolute atomic E-state index is 2.52. The summed E-state index contributed by atoms with van der Waals surface area (Å²) < 4.78 is 0. The van der Waals surface area contributed by atoms with Gasteiger partial charge in [-0.15, -0.1) is 0 Å². The maximum atomic E-state index is 2.52. The predicted octanol–water partition coefficient (Wildman–Crippen LogP) is 15.4. The van der Waals surface area contributed by atoms with Crippen molar-refractivity contribution in [1.82, 2.24) is 0 Å². The summed E-state index contributed by atoms with van der Waals surface area (Å²) in [4.78, 5) is 2.52. The average Bonchev–Trinajstić information content (AvgIpc) is 3.98. The van der Waals surface area contributed by atoms with E-state index in [9.17, 15) is 0 Å². The van der Waals surface area contributed by atoms with E-state index >= 15 is 0 Å². The van der Waals surface area contributed by atoms with Gasteiger partial charge in [0.2, 0.25) is 0 Å². The van der Waals surface area contributed by atoms with Gasteiger partial charge in [-0.25, -0.2) is 0 Å². The second kappa shape index (κ2) is 12.8. The van der Waals surface area contributed by atoms with Crippen molar-refractivity contribution >= 4 is 17.1 Å². The molecule has 5 aliphatic rings. The molecule has 5 aliphatic carbocycles. The van der Waals surface area contributed by atoms with E-state index in [1.165, 1.54) is 136 Å². The predicted molar refractivity (Wildman–Crippen MR) is 236 cm³/mol. The second-order valence-corrected chi connectivity index (χ2v) is 19.2. The van der Waals surface area contributed by atoms with E-state index in [1.807, 2.05) is 0 Å². The van der Waals surface area contributed by atoms with Gasteiger partial charge in [-0.05, 0) is 171 Å². The van der Waals surface area contributed by atoms with Crippen molar-refractivity contribution in [2.75, 3.05) is 4.90 Å². The summed E-state index contributed by atoms with van der Waals surface area (Å²) in [5, 5.41) is 0. The van der Waals surface area contributed by atoms with Crippen LogP contribution >= 0.6 is 0 Å². The molecular formula is C55H55N. The lowest BCUT2D eigenvalue weighted by molar-refractivity contribution is 0.420. The summed E-state index contributed by atoms with van der Waals surface area (Å²) >= 11 is 0. The third-order valence-electron chi connectivity index (χ3n) is 15.4. The number of hydrogen-bond acceptors (Lipinski definition) is 1. The number of fused-ring (bicyclic) bond motifs is 8. The van der Waals surface area contributed by atoms with Crippen LogP contribution in [0.5, 0.6) is 0 Å². The molecule has 3 saturated carbocycles. The molecule has 0 amide bonds. The number of anilines is 3. The summed E-state index contributed by atoms with van der Waals surface area (Å²) in [6.07, 6.45) is 12.5. The van der Waals surface area contributed by atoms with Crippen molar-refractivity contribution in [3.05, 3.63) is 161 Å². The lowest BCUT2D eigenvalue weighted by atomic mass is 9.81. The molecule has 1 nitrogen and oxygen atoms in total. The van der Waals surface area contributed by atoms with Gasteiger partial charge < -0.3 is 4.90 Å². The fourth-order valence-electron chi connectivity index (χ4n) is 12.3. The van der Waals surface area contributed by atoms with Crippen LogP contribution in [0.25, 0.3) is 33.4 Å². The normalized spacial score (nSPS) is 22.4. The number of hydrogen-bond donors (Lipinski definition) is 0. The lowest BCUT2D eigenvalue weighted by Crippen LogP contribution is -2.16. The summed E-state index contributed by atoms with van der Waals surface area (Å²) in [6, 6.07) is 50.0. The van der Waals surface area contributed by atoms with Crippen LogP contribution < -0.4 is 4.90 Å². The molecule has 0 spiro atoms. The Bertz CT molecular complexity index is 2470. The molecule has 6 aromatic rings. The molecule has 0 saturated heterocycles. The Morgan fingerprint density at radius 3 is 1.64 bits per heavy atom. The number of benzene rings is 6. The average molecular weight is 730 g/mol. The Hall–Kier alpha value is -4.88. The minimum Gasteiger partial charge on any atom is -0.310 e. The molecule has 3 unspecified atom stereocenters. The molecule has 0 aliphatic heterocycles. The highest BCUT2D eigenvalue weighted by molar-refractivity contribution is 5.89.